The van der Waals surface area contributed by atoms with E-state index in [9.17, 15) is 5.11 Å². The van der Waals surface area contributed by atoms with Crippen molar-refractivity contribution in [2.45, 2.75) is 590 Å². The molecule has 0 aromatic heterocycles. The lowest BCUT2D eigenvalue weighted by molar-refractivity contribution is 0.282. The molecule has 0 saturated heterocycles. The molecule has 0 aliphatic rings. The molecule has 4 aromatic rings. The van der Waals surface area contributed by atoms with E-state index in [-0.39, 0.29) is 0 Å². The highest BCUT2D eigenvalue weighted by atomic mass is 32.2. The third kappa shape index (κ3) is 61.0. The topological polar surface area (TPSA) is 20.2 Å². The van der Waals surface area contributed by atoms with Crippen molar-refractivity contribution in [1.29, 1.82) is 0 Å². The quantitative estimate of drug-likeness (QED) is 0.0267. The zero-order chi connectivity index (χ0) is 84.3. The smallest absolute Gasteiger partial charge is 0.0431 e. The van der Waals surface area contributed by atoms with E-state index in [0.717, 1.165) is 6.42 Å². The standard InChI is InChI=1S/C112H200OS6/c1-6-11-16-21-26-31-36-41-47-54-61-68-75-82-89-114-107-95-101-102-96-108(115-90-83-76-69-62-55-48-42-37-32-27-22-17-12-7-2)110(117-92-85-78-71-64-57-50-44-39-34-29-24-19-14-9-4)98-104(102)106-100-112(119-94-87-80-73-66-59-52-46-53-60-67-74-81-88-113)111(118-93-86-79-72-65-58-51-45-40-35-30-25-20-15-10-5)99-105(106)103(101)97-109(107)116-91-84-77-70-63-56-49-43-38-33-28-23-18-13-8-3/h95-100,113H,6-94H2,1-5H3. The normalized spacial score (nSPS) is 11.9. The van der Waals surface area contributed by atoms with Crippen molar-refractivity contribution in [2.24, 2.45) is 0 Å². The highest BCUT2D eigenvalue weighted by Crippen LogP contribution is 2.48. The number of unbranched alkanes of at least 4 members (excludes halogenated alkanes) is 76. The highest BCUT2D eigenvalue weighted by Gasteiger charge is 2.20. The predicted octanol–water partition coefficient (Wildman–Crippen LogP) is 42.8. The van der Waals surface area contributed by atoms with Crippen LogP contribution in [0.4, 0.5) is 0 Å². The summed E-state index contributed by atoms with van der Waals surface area (Å²) >= 11 is 13.3. The Hall–Kier alpha value is -0.280. The third-order valence-electron chi connectivity index (χ3n) is 26.2. The van der Waals surface area contributed by atoms with Crippen LogP contribution in [0, 0.1) is 0 Å². The molecule has 690 valence electrons. The maximum atomic E-state index is 9.24. The second kappa shape index (κ2) is 85.8. The van der Waals surface area contributed by atoms with Crippen LogP contribution in [-0.4, -0.2) is 46.2 Å². The summed E-state index contributed by atoms with van der Waals surface area (Å²) in [5.74, 6) is 7.37. The van der Waals surface area contributed by atoms with E-state index in [4.69, 9.17) is 0 Å². The van der Waals surface area contributed by atoms with E-state index in [2.05, 4.69) is 142 Å². The SMILES string of the molecule is CCCCCCCCCCCCCCCCSc1cc2c(cc1SCCCCCCCCCCCCCCO)c1cc(SCCCCCCCCCCCCCCCC)c(SCCCCCCCCCCCCCCCC)cc1c1cc(SCCCCCCCCCCCCCCCC)c(SCCCCCCCCCCCCCCCC)cc21. The Morgan fingerprint density at radius 3 is 0.328 bits per heavy atom. The first-order chi connectivity index (χ1) is 59.1. The summed E-state index contributed by atoms with van der Waals surface area (Å²) in [6.07, 6.45) is 115. The van der Waals surface area contributed by atoms with Gasteiger partial charge in [-0.2, -0.15) is 0 Å². The van der Waals surface area contributed by atoms with Gasteiger partial charge in [-0.05, 0) is 148 Å². The molecule has 119 heavy (non-hydrogen) atoms. The molecule has 4 rings (SSSR count). The molecule has 0 aliphatic heterocycles. The van der Waals surface area contributed by atoms with Gasteiger partial charge in [0.15, 0.2) is 0 Å². The van der Waals surface area contributed by atoms with Crippen LogP contribution in [0.15, 0.2) is 65.8 Å². The van der Waals surface area contributed by atoms with Crippen LogP contribution in [0.3, 0.4) is 0 Å². The minimum Gasteiger partial charge on any atom is -0.396 e. The van der Waals surface area contributed by atoms with Gasteiger partial charge in [0, 0.05) is 36.0 Å². The van der Waals surface area contributed by atoms with Crippen molar-refractivity contribution >= 4 is 103 Å². The lowest BCUT2D eigenvalue weighted by atomic mass is 9.94. The largest absolute Gasteiger partial charge is 0.396 e. The molecular formula is C112H200OS6. The second-order valence-corrected chi connectivity index (χ2v) is 44.4. The minimum absolute atomic E-state index is 0.355. The van der Waals surface area contributed by atoms with Crippen LogP contribution in [0.25, 0.3) is 32.3 Å². The van der Waals surface area contributed by atoms with E-state index in [1.165, 1.54) is 587 Å². The number of aliphatic hydroxyl groups excluding tert-OH is 1. The van der Waals surface area contributed by atoms with Crippen molar-refractivity contribution in [3.63, 3.8) is 0 Å². The number of hydrogen-bond donors (Lipinski definition) is 1. The van der Waals surface area contributed by atoms with Crippen LogP contribution >= 0.6 is 70.6 Å². The average molecular weight is 1760 g/mol. The maximum absolute atomic E-state index is 9.24. The Kier molecular flexibility index (Phi) is 80.1. The van der Waals surface area contributed by atoms with E-state index < -0.39 is 0 Å². The molecule has 0 fully saturated rings. The number of fused-ring (bicyclic) bond motifs is 6. The van der Waals surface area contributed by atoms with E-state index in [1.54, 1.807) is 29.4 Å². The molecule has 0 spiro atoms. The van der Waals surface area contributed by atoms with Gasteiger partial charge in [0.2, 0.25) is 0 Å². The van der Waals surface area contributed by atoms with Crippen LogP contribution in [0.2, 0.25) is 0 Å². The molecule has 0 saturated carbocycles. The zero-order valence-electron chi connectivity index (χ0n) is 80.3. The summed E-state index contributed by atoms with van der Waals surface area (Å²) in [5.41, 5.74) is 0. The Labute approximate surface area is 769 Å². The fourth-order valence-electron chi connectivity index (χ4n) is 18.3. The molecule has 0 amide bonds. The summed E-state index contributed by atoms with van der Waals surface area (Å²) in [7, 11) is 0. The molecule has 7 heteroatoms. The maximum Gasteiger partial charge on any atom is 0.0431 e. The third-order valence-corrected chi connectivity index (χ3v) is 33.4. The average Bonchev–Trinajstić information content (AvgIpc) is 0.726. The van der Waals surface area contributed by atoms with Crippen LogP contribution < -0.4 is 0 Å². The van der Waals surface area contributed by atoms with Crippen LogP contribution in [0.1, 0.15) is 561 Å². The Morgan fingerprint density at radius 1 is 0.134 bits per heavy atom. The summed E-state index contributed by atoms with van der Waals surface area (Å²) in [6, 6.07) is 16.7. The number of aliphatic hydroxyl groups is 1. The Balaban J connectivity index is 1.72. The summed E-state index contributed by atoms with van der Waals surface area (Å²) < 4.78 is 0. The molecule has 0 heterocycles. The van der Waals surface area contributed by atoms with Gasteiger partial charge in [0.25, 0.3) is 0 Å². The van der Waals surface area contributed by atoms with Crippen molar-refractivity contribution < 1.29 is 5.11 Å². The molecular weight excluding hydrogens is 1550 g/mol. The van der Waals surface area contributed by atoms with Gasteiger partial charge < -0.3 is 5.11 Å². The summed E-state index contributed by atoms with van der Waals surface area (Å²) in [5, 5.41) is 18.4. The number of hydrogen-bond acceptors (Lipinski definition) is 7. The lowest BCUT2D eigenvalue weighted by Gasteiger charge is -2.20. The summed E-state index contributed by atoms with van der Waals surface area (Å²) in [6.45, 7) is 12.1. The molecule has 1 nitrogen and oxygen atoms in total. The van der Waals surface area contributed by atoms with Crippen molar-refractivity contribution in [2.75, 3.05) is 41.1 Å². The number of thioether (sulfide) groups is 6. The van der Waals surface area contributed by atoms with Crippen LogP contribution in [-0.2, 0) is 0 Å². The highest BCUT2D eigenvalue weighted by molar-refractivity contribution is 8.03. The summed E-state index contributed by atoms with van der Waals surface area (Å²) in [4.78, 5) is 9.41. The van der Waals surface area contributed by atoms with Gasteiger partial charge >= 0.3 is 0 Å². The molecule has 1 N–H and O–H groups in total. The van der Waals surface area contributed by atoms with E-state index in [0.29, 0.717) is 6.61 Å². The monoisotopic (exact) mass is 1750 g/mol. The van der Waals surface area contributed by atoms with E-state index >= 15 is 0 Å². The molecule has 0 bridgehead atoms. The first-order valence-electron chi connectivity index (χ1n) is 54.0. The second-order valence-electron chi connectivity index (χ2n) is 37.6. The van der Waals surface area contributed by atoms with Crippen molar-refractivity contribution in [1.82, 2.24) is 0 Å². The van der Waals surface area contributed by atoms with Crippen molar-refractivity contribution in [3.8, 4) is 0 Å². The Morgan fingerprint density at radius 2 is 0.227 bits per heavy atom. The van der Waals surface area contributed by atoms with Gasteiger partial charge in [0.1, 0.15) is 0 Å². The lowest BCUT2D eigenvalue weighted by Crippen LogP contribution is -1.94. The fraction of sp³-hybridized carbons (Fsp3) is 0.839. The van der Waals surface area contributed by atoms with Crippen LogP contribution in [0.5, 0.6) is 0 Å². The molecule has 0 radical (unpaired) electrons. The zero-order valence-corrected chi connectivity index (χ0v) is 85.2. The van der Waals surface area contributed by atoms with Crippen molar-refractivity contribution in [3.05, 3.63) is 36.4 Å². The first-order valence-corrected chi connectivity index (χ1v) is 59.9. The Bertz CT molecular complexity index is 2370. The number of benzene rings is 4. The van der Waals surface area contributed by atoms with Gasteiger partial charge in [-0.3, -0.25) is 0 Å². The minimum atomic E-state index is 0.355. The van der Waals surface area contributed by atoms with Gasteiger partial charge in [-0.15, -0.1) is 70.6 Å². The first kappa shape index (κ1) is 111. The van der Waals surface area contributed by atoms with Gasteiger partial charge in [-0.25, -0.2) is 0 Å². The van der Waals surface area contributed by atoms with E-state index in [1.807, 2.05) is 0 Å². The number of rotatable bonds is 95. The predicted molar refractivity (Wildman–Crippen MR) is 557 cm³/mol. The van der Waals surface area contributed by atoms with Gasteiger partial charge in [-0.1, -0.05) is 516 Å². The molecule has 0 aliphatic carbocycles. The fourth-order valence-corrected chi connectivity index (χ4v) is 25.1. The molecule has 0 atom stereocenters. The van der Waals surface area contributed by atoms with Gasteiger partial charge in [0.05, 0.1) is 0 Å². The molecule has 4 aromatic carbocycles. The molecule has 0 unspecified atom stereocenters.